The molecule has 0 bridgehead atoms. The SMILES string of the molecule is Cc1nccn1CCC(C)NCc1ccc2c(c1)CCCO2. The topological polar surface area (TPSA) is 39.1 Å². The Balaban J connectivity index is 1.48. The minimum atomic E-state index is 0.481. The van der Waals surface area contributed by atoms with E-state index in [1.807, 2.05) is 19.3 Å². The molecule has 1 unspecified atom stereocenters. The molecule has 118 valence electrons. The van der Waals surface area contributed by atoms with Crippen molar-refractivity contribution in [3.05, 3.63) is 47.5 Å². The van der Waals surface area contributed by atoms with E-state index in [2.05, 4.69) is 40.0 Å². The average molecular weight is 299 g/mol. The lowest BCUT2D eigenvalue weighted by molar-refractivity contribution is 0.288. The molecule has 3 rings (SSSR count). The van der Waals surface area contributed by atoms with Crippen LogP contribution in [-0.2, 0) is 19.5 Å². The molecule has 1 aromatic heterocycles. The summed E-state index contributed by atoms with van der Waals surface area (Å²) in [5, 5.41) is 3.61. The first kappa shape index (κ1) is 15.1. The molecule has 2 heterocycles. The van der Waals surface area contributed by atoms with Gasteiger partial charge in [-0.05, 0) is 50.3 Å². The van der Waals surface area contributed by atoms with E-state index in [-0.39, 0.29) is 0 Å². The van der Waals surface area contributed by atoms with Gasteiger partial charge in [-0.25, -0.2) is 4.98 Å². The third kappa shape index (κ3) is 3.69. The van der Waals surface area contributed by atoms with E-state index in [9.17, 15) is 0 Å². The molecule has 0 saturated heterocycles. The maximum absolute atomic E-state index is 5.67. The Kier molecular flexibility index (Phi) is 4.78. The number of rotatable bonds is 6. The highest BCUT2D eigenvalue weighted by Crippen LogP contribution is 2.25. The average Bonchev–Trinajstić information content (AvgIpc) is 2.96. The Morgan fingerprint density at radius 3 is 3.14 bits per heavy atom. The Morgan fingerprint density at radius 1 is 1.41 bits per heavy atom. The molecule has 2 aromatic rings. The highest BCUT2D eigenvalue weighted by atomic mass is 16.5. The normalized spacial score (nSPS) is 15.2. The lowest BCUT2D eigenvalue weighted by Crippen LogP contribution is -2.27. The summed E-state index contributed by atoms with van der Waals surface area (Å²) >= 11 is 0. The van der Waals surface area contributed by atoms with Crippen LogP contribution >= 0.6 is 0 Å². The molecule has 0 amide bonds. The summed E-state index contributed by atoms with van der Waals surface area (Å²) in [7, 11) is 0. The highest BCUT2D eigenvalue weighted by molar-refractivity contribution is 5.38. The number of ether oxygens (including phenoxy) is 1. The zero-order valence-corrected chi connectivity index (χ0v) is 13.5. The monoisotopic (exact) mass is 299 g/mol. The fraction of sp³-hybridized carbons (Fsp3) is 0.500. The number of hydrogen-bond donors (Lipinski definition) is 1. The van der Waals surface area contributed by atoms with Crippen LogP contribution in [0.25, 0.3) is 0 Å². The quantitative estimate of drug-likeness (QED) is 0.891. The first-order chi connectivity index (χ1) is 10.7. The maximum Gasteiger partial charge on any atom is 0.122 e. The second-order valence-electron chi connectivity index (χ2n) is 6.13. The van der Waals surface area contributed by atoms with Gasteiger partial charge in [0.05, 0.1) is 6.61 Å². The number of benzene rings is 1. The van der Waals surface area contributed by atoms with Crippen molar-refractivity contribution < 1.29 is 4.74 Å². The van der Waals surface area contributed by atoms with Crippen molar-refractivity contribution >= 4 is 0 Å². The van der Waals surface area contributed by atoms with Crippen LogP contribution in [0.4, 0.5) is 0 Å². The van der Waals surface area contributed by atoms with Crippen LogP contribution < -0.4 is 10.1 Å². The van der Waals surface area contributed by atoms with Crippen molar-refractivity contribution in [1.82, 2.24) is 14.9 Å². The van der Waals surface area contributed by atoms with Gasteiger partial charge in [0.25, 0.3) is 0 Å². The molecule has 0 fully saturated rings. The molecular formula is C18H25N3O. The number of fused-ring (bicyclic) bond motifs is 1. The van der Waals surface area contributed by atoms with Crippen molar-refractivity contribution in [2.75, 3.05) is 6.61 Å². The van der Waals surface area contributed by atoms with Gasteiger partial charge >= 0.3 is 0 Å². The molecule has 1 N–H and O–H groups in total. The summed E-state index contributed by atoms with van der Waals surface area (Å²) < 4.78 is 7.87. The summed E-state index contributed by atoms with van der Waals surface area (Å²) in [6, 6.07) is 7.05. The van der Waals surface area contributed by atoms with E-state index in [1.165, 1.54) is 11.1 Å². The molecule has 0 saturated carbocycles. The van der Waals surface area contributed by atoms with Crippen LogP contribution in [0.2, 0.25) is 0 Å². The second-order valence-corrected chi connectivity index (χ2v) is 6.13. The molecule has 0 radical (unpaired) electrons. The summed E-state index contributed by atoms with van der Waals surface area (Å²) in [5.74, 6) is 2.15. The van der Waals surface area contributed by atoms with Gasteiger partial charge in [0.15, 0.2) is 0 Å². The zero-order chi connectivity index (χ0) is 15.4. The molecule has 1 aromatic carbocycles. The van der Waals surface area contributed by atoms with Gasteiger partial charge in [0.2, 0.25) is 0 Å². The molecule has 0 spiro atoms. The third-order valence-corrected chi connectivity index (χ3v) is 4.35. The smallest absolute Gasteiger partial charge is 0.122 e. The third-order valence-electron chi connectivity index (χ3n) is 4.35. The second kappa shape index (κ2) is 6.97. The molecule has 1 atom stereocenters. The van der Waals surface area contributed by atoms with E-state index in [4.69, 9.17) is 4.74 Å². The molecule has 4 heteroatoms. The molecule has 4 nitrogen and oxygen atoms in total. The number of hydrogen-bond acceptors (Lipinski definition) is 3. The van der Waals surface area contributed by atoms with Gasteiger partial charge in [-0.15, -0.1) is 0 Å². The fourth-order valence-corrected chi connectivity index (χ4v) is 2.89. The highest BCUT2D eigenvalue weighted by Gasteiger charge is 2.11. The first-order valence-electron chi connectivity index (χ1n) is 8.18. The van der Waals surface area contributed by atoms with Gasteiger partial charge in [-0.3, -0.25) is 0 Å². The van der Waals surface area contributed by atoms with E-state index in [0.717, 1.165) is 50.5 Å². The summed E-state index contributed by atoms with van der Waals surface area (Å²) in [6.45, 7) is 7.08. The van der Waals surface area contributed by atoms with Crippen LogP contribution in [-0.4, -0.2) is 22.2 Å². The molecule has 1 aliphatic heterocycles. The number of imidazole rings is 1. The summed E-state index contributed by atoms with van der Waals surface area (Å²) in [6.07, 6.45) is 7.28. The lowest BCUT2D eigenvalue weighted by atomic mass is 10.0. The van der Waals surface area contributed by atoms with E-state index >= 15 is 0 Å². The molecule has 1 aliphatic rings. The number of aryl methyl sites for hydroxylation is 3. The number of aromatic nitrogens is 2. The van der Waals surface area contributed by atoms with Gasteiger partial charge in [0.1, 0.15) is 11.6 Å². The van der Waals surface area contributed by atoms with Crippen LogP contribution in [0.5, 0.6) is 5.75 Å². The minimum absolute atomic E-state index is 0.481. The van der Waals surface area contributed by atoms with E-state index in [0.29, 0.717) is 6.04 Å². The standard InChI is InChI=1S/C18H25N3O/c1-14(7-9-21-10-8-19-15(21)2)20-13-16-5-6-18-17(12-16)4-3-11-22-18/h5-6,8,10,12,14,20H,3-4,7,9,11,13H2,1-2H3. The first-order valence-corrected chi connectivity index (χ1v) is 8.18. The Labute approximate surface area is 132 Å². The lowest BCUT2D eigenvalue weighted by Gasteiger charge is -2.19. The Hall–Kier alpha value is -1.81. The molecule has 22 heavy (non-hydrogen) atoms. The van der Waals surface area contributed by atoms with Crippen LogP contribution in [0.1, 0.15) is 36.7 Å². The molecular weight excluding hydrogens is 274 g/mol. The van der Waals surface area contributed by atoms with Crippen molar-refractivity contribution in [2.45, 2.75) is 52.2 Å². The largest absolute Gasteiger partial charge is 0.493 e. The van der Waals surface area contributed by atoms with E-state index < -0.39 is 0 Å². The number of nitrogens with zero attached hydrogens (tertiary/aromatic N) is 2. The maximum atomic E-state index is 5.67. The van der Waals surface area contributed by atoms with Crippen molar-refractivity contribution in [2.24, 2.45) is 0 Å². The minimum Gasteiger partial charge on any atom is -0.493 e. The van der Waals surface area contributed by atoms with Crippen LogP contribution in [0.3, 0.4) is 0 Å². The van der Waals surface area contributed by atoms with Crippen molar-refractivity contribution in [1.29, 1.82) is 0 Å². The predicted molar refractivity (Wildman–Crippen MR) is 88.1 cm³/mol. The van der Waals surface area contributed by atoms with Gasteiger partial charge in [-0.2, -0.15) is 0 Å². The summed E-state index contributed by atoms with van der Waals surface area (Å²) in [5.41, 5.74) is 2.70. The van der Waals surface area contributed by atoms with Crippen molar-refractivity contribution in [3.8, 4) is 5.75 Å². The number of nitrogens with one attached hydrogen (secondary N) is 1. The Morgan fingerprint density at radius 2 is 2.32 bits per heavy atom. The zero-order valence-electron chi connectivity index (χ0n) is 13.5. The van der Waals surface area contributed by atoms with Gasteiger partial charge < -0.3 is 14.6 Å². The van der Waals surface area contributed by atoms with Crippen molar-refractivity contribution in [3.63, 3.8) is 0 Å². The van der Waals surface area contributed by atoms with Gasteiger partial charge in [-0.1, -0.05) is 12.1 Å². The van der Waals surface area contributed by atoms with E-state index in [1.54, 1.807) is 0 Å². The Bertz CT molecular complexity index is 621. The van der Waals surface area contributed by atoms with Crippen LogP contribution in [0, 0.1) is 6.92 Å². The predicted octanol–water partition coefficient (Wildman–Crippen LogP) is 3.08. The van der Waals surface area contributed by atoms with Crippen LogP contribution in [0.15, 0.2) is 30.6 Å². The fourth-order valence-electron chi connectivity index (χ4n) is 2.89. The molecule has 0 aliphatic carbocycles. The summed E-state index contributed by atoms with van der Waals surface area (Å²) in [4.78, 5) is 4.26. The van der Waals surface area contributed by atoms with Gasteiger partial charge in [0, 0.05) is 31.5 Å².